The third kappa shape index (κ3) is 3.43. The second kappa shape index (κ2) is 5.99. The Bertz CT molecular complexity index is 453. The summed E-state index contributed by atoms with van der Waals surface area (Å²) in [5, 5.41) is 2.90. The van der Waals surface area contributed by atoms with Crippen molar-refractivity contribution < 1.29 is 4.79 Å². The zero-order valence-electron chi connectivity index (χ0n) is 11.9. The summed E-state index contributed by atoms with van der Waals surface area (Å²) in [6.07, 6.45) is 4.03. The van der Waals surface area contributed by atoms with Gasteiger partial charge in [0.2, 0.25) is 5.95 Å². The molecule has 0 aromatic carbocycles. The van der Waals surface area contributed by atoms with Gasteiger partial charge >= 0.3 is 0 Å². The minimum absolute atomic E-state index is 0.0841. The molecule has 0 saturated carbocycles. The first kappa shape index (κ1) is 13.8. The summed E-state index contributed by atoms with van der Waals surface area (Å²) in [6.45, 7) is 8.70. The molecule has 0 bridgehead atoms. The number of amides is 1. The normalized spacial score (nSPS) is 15.1. The topological polar surface area (TPSA) is 58.1 Å². The average molecular weight is 262 g/mol. The number of nitrogens with one attached hydrogen (secondary N) is 1. The number of rotatable bonds is 4. The van der Waals surface area contributed by atoms with E-state index >= 15 is 0 Å². The van der Waals surface area contributed by atoms with Gasteiger partial charge in [0.15, 0.2) is 0 Å². The molecule has 1 N–H and O–H groups in total. The molecule has 104 valence electrons. The maximum atomic E-state index is 12.0. The van der Waals surface area contributed by atoms with Crippen LogP contribution in [0.4, 0.5) is 5.95 Å². The summed E-state index contributed by atoms with van der Waals surface area (Å²) in [6, 6.07) is 0. The van der Waals surface area contributed by atoms with Crippen molar-refractivity contribution in [2.45, 2.75) is 33.6 Å². The molecule has 1 aliphatic rings. The fourth-order valence-corrected chi connectivity index (χ4v) is 2.14. The van der Waals surface area contributed by atoms with Crippen LogP contribution in [0.1, 0.15) is 42.7 Å². The van der Waals surface area contributed by atoms with Gasteiger partial charge in [-0.25, -0.2) is 9.97 Å². The van der Waals surface area contributed by atoms with E-state index in [0.29, 0.717) is 18.0 Å². The predicted molar refractivity (Wildman–Crippen MR) is 75.4 cm³/mol. The van der Waals surface area contributed by atoms with Gasteiger partial charge in [-0.1, -0.05) is 13.8 Å². The molecule has 0 aliphatic carbocycles. The van der Waals surface area contributed by atoms with E-state index in [2.05, 4.69) is 34.0 Å². The minimum atomic E-state index is -0.0841. The Balaban J connectivity index is 2.08. The fourth-order valence-electron chi connectivity index (χ4n) is 2.14. The summed E-state index contributed by atoms with van der Waals surface area (Å²) >= 11 is 0. The number of aryl methyl sites for hydroxylation is 1. The van der Waals surface area contributed by atoms with Crippen LogP contribution in [-0.4, -0.2) is 35.5 Å². The number of anilines is 1. The molecule has 5 nitrogen and oxygen atoms in total. The van der Waals surface area contributed by atoms with Crippen LogP contribution in [0.2, 0.25) is 0 Å². The molecule has 1 aromatic heterocycles. The van der Waals surface area contributed by atoms with Crippen LogP contribution in [0.15, 0.2) is 6.20 Å². The maximum absolute atomic E-state index is 12.0. The van der Waals surface area contributed by atoms with E-state index in [0.717, 1.165) is 24.7 Å². The van der Waals surface area contributed by atoms with E-state index in [1.165, 1.54) is 12.8 Å². The molecular formula is C14H22N4O. The number of carbonyl (C=O) groups excluding carboxylic acids is 1. The monoisotopic (exact) mass is 262 g/mol. The molecule has 0 unspecified atom stereocenters. The smallest absolute Gasteiger partial charge is 0.254 e. The standard InChI is InChI=1S/C14H22N4O/c1-10(2)8-15-13(19)12-9-16-14(17-11(12)3)18-6-4-5-7-18/h9-10H,4-8H2,1-3H3,(H,15,19). The van der Waals surface area contributed by atoms with Gasteiger partial charge in [-0.05, 0) is 25.7 Å². The maximum Gasteiger partial charge on any atom is 0.254 e. The SMILES string of the molecule is Cc1nc(N2CCCC2)ncc1C(=O)NCC(C)C. The Kier molecular flexibility index (Phi) is 4.35. The van der Waals surface area contributed by atoms with Crippen molar-refractivity contribution in [1.29, 1.82) is 0 Å². The highest BCUT2D eigenvalue weighted by Crippen LogP contribution is 2.16. The largest absolute Gasteiger partial charge is 0.352 e. The second-order valence-corrected chi connectivity index (χ2v) is 5.47. The molecule has 2 rings (SSSR count). The summed E-state index contributed by atoms with van der Waals surface area (Å²) in [4.78, 5) is 22.9. The number of carbonyl (C=O) groups is 1. The lowest BCUT2D eigenvalue weighted by Gasteiger charge is -2.16. The summed E-state index contributed by atoms with van der Waals surface area (Å²) in [5.41, 5.74) is 1.32. The Labute approximate surface area is 114 Å². The van der Waals surface area contributed by atoms with Crippen LogP contribution in [-0.2, 0) is 0 Å². The first-order valence-electron chi connectivity index (χ1n) is 6.94. The third-order valence-corrected chi connectivity index (χ3v) is 3.27. The predicted octanol–water partition coefficient (Wildman–Crippen LogP) is 1.77. The molecule has 0 atom stereocenters. The first-order valence-corrected chi connectivity index (χ1v) is 6.94. The highest BCUT2D eigenvalue weighted by atomic mass is 16.1. The van der Waals surface area contributed by atoms with Crippen molar-refractivity contribution in [3.63, 3.8) is 0 Å². The molecule has 1 saturated heterocycles. The lowest BCUT2D eigenvalue weighted by molar-refractivity contribution is 0.0947. The average Bonchev–Trinajstić information content (AvgIpc) is 2.89. The Hall–Kier alpha value is -1.65. The molecule has 19 heavy (non-hydrogen) atoms. The number of hydrogen-bond acceptors (Lipinski definition) is 4. The van der Waals surface area contributed by atoms with Gasteiger partial charge in [-0.2, -0.15) is 0 Å². The van der Waals surface area contributed by atoms with Crippen molar-refractivity contribution in [3.8, 4) is 0 Å². The first-order chi connectivity index (χ1) is 9.08. The minimum Gasteiger partial charge on any atom is -0.352 e. The van der Waals surface area contributed by atoms with Crippen LogP contribution in [0.3, 0.4) is 0 Å². The third-order valence-electron chi connectivity index (χ3n) is 3.27. The number of hydrogen-bond donors (Lipinski definition) is 1. The molecule has 0 spiro atoms. The van der Waals surface area contributed by atoms with Gasteiger partial charge in [0.25, 0.3) is 5.91 Å². The zero-order valence-corrected chi connectivity index (χ0v) is 11.9. The van der Waals surface area contributed by atoms with Crippen LogP contribution in [0.25, 0.3) is 0 Å². The van der Waals surface area contributed by atoms with E-state index in [9.17, 15) is 4.79 Å². The molecule has 1 aromatic rings. The lowest BCUT2D eigenvalue weighted by Crippen LogP contribution is -2.29. The van der Waals surface area contributed by atoms with Gasteiger partial charge < -0.3 is 10.2 Å². The highest BCUT2D eigenvalue weighted by molar-refractivity contribution is 5.94. The van der Waals surface area contributed by atoms with Crippen LogP contribution >= 0.6 is 0 Å². The van der Waals surface area contributed by atoms with Gasteiger partial charge in [-0.15, -0.1) is 0 Å². The van der Waals surface area contributed by atoms with Crippen molar-refractivity contribution in [2.75, 3.05) is 24.5 Å². The molecule has 1 aliphatic heterocycles. The lowest BCUT2D eigenvalue weighted by atomic mass is 10.2. The number of aromatic nitrogens is 2. The van der Waals surface area contributed by atoms with E-state index in [1.54, 1.807) is 6.20 Å². The molecular weight excluding hydrogens is 240 g/mol. The highest BCUT2D eigenvalue weighted by Gasteiger charge is 2.17. The van der Waals surface area contributed by atoms with Crippen molar-refractivity contribution >= 4 is 11.9 Å². The van der Waals surface area contributed by atoms with Crippen molar-refractivity contribution in [2.24, 2.45) is 5.92 Å². The van der Waals surface area contributed by atoms with E-state index in [-0.39, 0.29) is 5.91 Å². The summed E-state index contributed by atoms with van der Waals surface area (Å²) in [7, 11) is 0. The van der Waals surface area contributed by atoms with Gasteiger partial charge in [0, 0.05) is 25.8 Å². The molecule has 1 fully saturated rings. The number of nitrogens with zero attached hydrogens (tertiary/aromatic N) is 3. The van der Waals surface area contributed by atoms with Crippen molar-refractivity contribution in [3.05, 3.63) is 17.5 Å². The van der Waals surface area contributed by atoms with Crippen LogP contribution < -0.4 is 10.2 Å². The summed E-state index contributed by atoms with van der Waals surface area (Å²) < 4.78 is 0. The van der Waals surface area contributed by atoms with Gasteiger partial charge in [0.1, 0.15) is 0 Å². The van der Waals surface area contributed by atoms with Crippen molar-refractivity contribution in [1.82, 2.24) is 15.3 Å². The molecule has 1 amide bonds. The quantitative estimate of drug-likeness (QED) is 0.898. The van der Waals surface area contributed by atoms with Crippen LogP contribution in [0, 0.1) is 12.8 Å². The molecule has 0 radical (unpaired) electrons. The Morgan fingerprint density at radius 1 is 1.42 bits per heavy atom. The molecule has 2 heterocycles. The fraction of sp³-hybridized carbons (Fsp3) is 0.643. The van der Waals surface area contributed by atoms with Crippen LogP contribution in [0.5, 0.6) is 0 Å². The van der Waals surface area contributed by atoms with E-state index < -0.39 is 0 Å². The van der Waals surface area contributed by atoms with Gasteiger partial charge in [0.05, 0.1) is 11.3 Å². The van der Waals surface area contributed by atoms with E-state index in [1.807, 2.05) is 6.92 Å². The van der Waals surface area contributed by atoms with E-state index in [4.69, 9.17) is 0 Å². The Morgan fingerprint density at radius 3 is 2.68 bits per heavy atom. The Morgan fingerprint density at radius 2 is 2.11 bits per heavy atom. The second-order valence-electron chi connectivity index (χ2n) is 5.47. The summed E-state index contributed by atoms with van der Waals surface area (Å²) in [5.74, 6) is 1.10. The zero-order chi connectivity index (χ0) is 13.8. The van der Waals surface area contributed by atoms with Gasteiger partial charge in [-0.3, -0.25) is 4.79 Å². The molecule has 5 heteroatoms.